The van der Waals surface area contributed by atoms with Crippen LogP contribution in [0.3, 0.4) is 0 Å². The average molecular weight is 618 g/mol. The van der Waals surface area contributed by atoms with E-state index in [2.05, 4.69) is 65.7 Å². The molecule has 1 unspecified atom stereocenters. The van der Waals surface area contributed by atoms with E-state index in [1.54, 1.807) is 7.05 Å². The van der Waals surface area contributed by atoms with Crippen molar-refractivity contribution in [2.24, 2.45) is 11.7 Å². The minimum Gasteiger partial charge on any atom is -0.385 e. The molecule has 2 aliphatic rings. The van der Waals surface area contributed by atoms with Gasteiger partial charge in [-0.3, -0.25) is 9.69 Å². The molecule has 0 saturated carbocycles. The predicted molar refractivity (Wildman–Crippen MR) is 175 cm³/mol. The molecule has 0 spiro atoms. The van der Waals surface area contributed by atoms with E-state index in [-0.39, 0.29) is 33.9 Å². The molecule has 0 radical (unpaired) electrons. The number of nitrogens with two attached hydrogens (primary N) is 1. The lowest BCUT2D eigenvalue weighted by Crippen LogP contribution is -2.70. The molecule has 44 heavy (non-hydrogen) atoms. The average Bonchev–Trinajstić information content (AvgIpc) is 3.06. The van der Waals surface area contributed by atoms with Crippen LogP contribution in [0, 0.1) is 5.92 Å². The molecule has 2 aliphatic heterocycles. The Morgan fingerprint density at radius 2 is 1.50 bits per heavy atom. The topological polar surface area (TPSA) is 95.7 Å². The fourth-order valence-electron chi connectivity index (χ4n) is 7.64. The minimum absolute atomic E-state index is 0.0300. The van der Waals surface area contributed by atoms with Gasteiger partial charge >= 0.3 is 6.03 Å². The van der Waals surface area contributed by atoms with Gasteiger partial charge in [0.2, 0.25) is 5.91 Å². The summed E-state index contributed by atoms with van der Waals surface area (Å²) in [5.41, 5.74) is 7.84. The molecule has 4 N–H and O–H groups in total. The molecule has 5 rings (SSSR count). The molecule has 0 aliphatic carbocycles. The molecule has 3 amide bonds. The summed E-state index contributed by atoms with van der Waals surface area (Å²) in [7, 11) is 1.70. The molecule has 0 bridgehead atoms. The normalized spacial score (nSPS) is 23.0. The van der Waals surface area contributed by atoms with Crippen LogP contribution in [0.2, 0.25) is 5.02 Å². The highest BCUT2D eigenvalue weighted by Gasteiger charge is 2.51. The smallest absolute Gasteiger partial charge is 0.385 e. The lowest BCUT2D eigenvalue weighted by Gasteiger charge is -2.51. The first kappa shape index (κ1) is 32.2. The molecular weight excluding hydrogens is 572 g/mol. The Bertz CT molecular complexity index is 1360. The summed E-state index contributed by atoms with van der Waals surface area (Å²) >= 11 is 6.14. The summed E-state index contributed by atoms with van der Waals surface area (Å²) in [6.45, 7) is 4.68. The number of hydrogen-bond acceptors (Lipinski definition) is 4. The van der Waals surface area contributed by atoms with Gasteiger partial charge in [0, 0.05) is 55.8 Å². The van der Waals surface area contributed by atoms with Gasteiger partial charge in [0.25, 0.3) is 0 Å². The maximum Gasteiger partial charge on any atom is 0.417 e. The van der Waals surface area contributed by atoms with Gasteiger partial charge < -0.3 is 16.2 Å². The van der Waals surface area contributed by atoms with Crippen LogP contribution in [0.25, 0.3) is 0 Å². The molecule has 0 aromatic heterocycles. The number of nitrogens with zero attached hydrogens (tertiary/aromatic N) is 2. The van der Waals surface area contributed by atoms with Gasteiger partial charge in [0.15, 0.2) is 6.17 Å². The number of halogens is 1. The van der Waals surface area contributed by atoms with Crippen molar-refractivity contribution in [3.8, 4) is 0 Å². The number of benzene rings is 3. The molecule has 3 aromatic rings. The third-order valence-corrected chi connectivity index (χ3v) is 10.7. The quantitative estimate of drug-likeness (QED) is 0.265. The molecular formula is C36H46ClN4O3+. The van der Waals surface area contributed by atoms with E-state index in [0.29, 0.717) is 56.9 Å². The fourth-order valence-corrected chi connectivity index (χ4v) is 7.77. The number of likely N-dealkylation sites (tertiary alicyclic amines) is 2. The summed E-state index contributed by atoms with van der Waals surface area (Å²) in [4.78, 5) is 28.5. The number of carbonyl (C=O) groups excluding carboxylic acids is 2. The molecule has 234 valence electrons. The van der Waals surface area contributed by atoms with Gasteiger partial charge in [0.05, 0.1) is 18.7 Å². The third-order valence-electron chi connectivity index (χ3n) is 10.5. The summed E-state index contributed by atoms with van der Waals surface area (Å²) in [6, 6.07) is 28.6. The molecule has 2 saturated heterocycles. The van der Waals surface area contributed by atoms with E-state index >= 15 is 0 Å². The molecule has 7 nitrogen and oxygen atoms in total. The highest BCUT2D eigenvalue weighted by Crippen LogP contribution is 2.42. The van der Waals surface area contributed by atoms with Gasteiger partial charge in [-0.25, -0.2) is 9.28 Å². The van der Waals surface area contributed by atoms with Crippen LogP contribution in [0.4, 0.5) is 4.79 Å². The third kappa shape index (κ3) is 6.43. The zero-order valence-electron chi connectivity index (χ0n) is 25.9. The van der Waals surface area contributed by atoms with Crippen LogP contribution in [0.1, 0.15) is 62.1 Å². The van der Waals surface area contributed by atoms with Gasteiger partial charge in [0.1, 0.15) is 0 Å². The lowest BCUT2D eigenvalue weighted by atomic mass is 9.72. The SMILES string of the molecule is CNC(=O)[N+]1(C(CCC(C)(c2ccccc2)c2ccccc2)N2CCC(O)(c3ccc(Cl)cc3)CC2)CCC(C(N)=O)CC1. The van der Waals surface area contributed by atoms with Crippen LogP contribution in [-0.4, -0.2) is 65.8 Å². The van der Waals surface area contributed by atoms with Crippen molar-refractivity contribution >= 4 is 23.5 Å². The van der Waals surface area contributed by atoms with Crippen molar-refractivity contribution in [3.63, 3.8) is 0 Å². The lowest BCUT2D eigenvalue weighted by molar-refractivity contribution is -0.895. The number of primary amides is 1. The van der Waals surface area contributed by atoms with E-state index in [1.165, 1.54) is 11.1 Å². The summed E-state index contributed by atoms with van der Waals surface area (Å²) in [6.07, 6.45) is 3.71. The number of carbonyl (C=O) groups is 2. The largest absolute Gasteiger partial charge is 0.417 e. The van der Waals surface area contributed by atoms with Crippen molar-refractivity contribution in [2.45, 2.75) is 62.6 Å². The number of aliphatic hydroxyl groups is 1. The van der Waals surface area contributed by atoms with Crippen molar-refractivity contribution < 1.29 is 19.2 Å². The zero-order valence-corrected chi connectivity index (χ0v) is 26.7. The number of quaternary nitrogens is 1. The minimum atomic E-state index is -0.953. The first-order chi connectivity index (χ1) is 21.1. The molecule has 2 heterocycles. The molecule has 1 atom stereocenters. The van der Waals surface area contributed by atoms with Gasteiger partial charge in [-0.05, 0) is 48.1 Å². The Labute approximate surface area is 266 Å². The van der Waals surface area contributed by atoms with Crippen molar-refractivity contribution in [2.75, 3.05) is 33.2 Å². The van der Waals surface area contributed by atoms with Crippen LogP contribution < -0.4 is 11.1 Å². The summed E-state index contributed by atoms with van der Waals surface area (Å²) in [5.74, 6) is -0.509. The van der Waals surface area contributed by atoms with Gasteiger partial charge in [-0.2, -0.15) is 0 Å². The highest BCUT2D eigenvalue weighted by molar-refractivity contribution is 6.30. The fraction of sp³-hybridized carbons (Fsp3) is 0.444. The van der Waals surface area contributed by atoms with Gasteiger partial charge in [-0.1, -0.05) is 91.3 Å². The monoisotopic (exact) mass is 617 g/mol. The Balaban J connectivity index is 1.49. The molecule has 8 heteroatoms. The Hall–Kier alpha value is -3.23. The van der Waals surface area contributed by atoms with E-state index < -0.39 is 5.60 Å². The highest BCUT2D eigenvalue weighted by atomic mass is 35.5. The molecule has 2 fully saturated rings. The van der Waals surface area contributed by atoms with Crippen LogP contribution >= 0.6 is 11.6 Å². The maximum absolute atomic E-state index is 14.0. The standard InChI is InChI=1S/C36H45ClN4O3/c1-35(28-9-5-3-6-10-28,29-11-7-4-8-12-29)20-17-32(41(34(43)39-2)25-18-27(19-26-41)33(38)42)40-23-21-36(44,22-24-40)30-13-15-31(37)16-14-30/h3-16,27,32,44H,17-26H2,1-2H3,(H2-,38,39,42,43)/p+1. The number of piperidine rings is 2. The van der Waals surface area contributed by atoms with Crippen molar-refractivity contribution in [1.29, 1.82) is 0 Å². The number of rotatable bonds is 9. The predicted octanol–water partition coefficient (Wildman–Crippen LogP) is 5.79. The van der Waals surface area contributed by atoms with Crippen LogP contribution in [0.5, 0.6) is 0 Å². The van der Waals surface area contributed by atoms with E-state index in [4.69, 9.17) is 17.3 Å². The van der Waals surface area contributed by atoms with Gasteiger partial charge in [-0.15, -0.1) is 0 Å². The molecule has 3 aromatic carbocycles. The number of urea groups is 1. The summed E-state index contributed by atoms with van der Waals surface area (Å²) in [5, 5.41) is 15.3. The first-order valence-corrected chi connectivity index (χ1v) is 16.2. The second kappa shape index (κ2) is 13.4. The van der Waals surface area contributed by atoms with Crippen molar-refractivity contribution in [1.82, 2.24) is 10.2 Å². The Morgan fingerprint density at radius 3 is 1.98 bits per heavy atom. The first-order valence-electron chi connectivity index (χ1n) is 15.8. The zero-order chi connectivity index (χ0) is 31.4. The van der Waals surface area contributed by atoms with E-state index in [1.807, 2.05) is 36.4 Å². The van der Waals surface area contributed by atoms with E-state index in [0.717, 1.165) is 18.4 Å². The second-order valence-electron chi connectivity index (χ2n) is 12.9. The maximum atomic E-state index is 14.0. The second-order valence-corrected chi connectivity index (χ2v) is 13.3. The van der Waals surface area contributed by atoms with E-state index in [9.17, 15) is 14.7 Å². The van der Waals surface area contributed by atoms with Crippen LogP contribution in [-0.2, 0) is 15.8 Å². The Morgan fingerprint density at radius 1 is 0.977 bits per heavy atom. The number of nitrogens with one attached hydrogen (secondary N) is 1. The van der Waals surface area contributed by atoms with Crippen molar-refractivity contribution in [3.05, 3.63) is 107 Å². The Kier molecular flexibility index (Phi) is 9.80. The number of amides is 3. The summed E-state index contributed by atoms with van der Waals surface area (Å²) < 4.78 is 0.235. The number of hydrogen-bond donors (Lipinski definition) is 3. The van der Waals surface area contributed by atoms with Crippen LogP contribution in [0.15, 0.2) is 84.9 Å².